The number of benzene rings is 1. The molecule has 28 heavy (non-hydrogen) atoms. The lowest BCUT2D eigenvalue weighted by molar-refractivity contribution is 0.394. The number of hydrazone groups is 1. The van der Waals surface area contributed by atoms with Crippen LogP contribution >= 0.6 is 11.8 Å². The first-order valence-corrected chi connectivity index (χ1v) is 9.87. The lowest BCUT2D eigenvalue weighted by atomic mass is 10.1. The largest absolute Gasteiger partial charge is 0.360 e. The van der Waals surface area contributed by atoms with Gasteiger partial charge >= 0.3 is 0 Å². The van der Waals surface area contributed by atoms with Crippen molar-refractivity contribution in [3.05, 3.63) is 70.5 Å². The predicted molar refractivity (Wildman–Crippen MR) is 110 cm³/mol. The van der Waals surface area contributed by atoms with E-state index in [0.29, 0.717) is 6.54 Å². The van der Waals surface area contributed by atoms with Gasteiger partial charge in [-0.15, -0.1) is 0 Å². The Morgan fingerprint density at radius 3 is 2.64 bits per heavy atom. The first-order chi connectivity index (χ1) is 13.5. The molecule has 0 radical (unpaired) electrons. The third-order valence-corrected chi connectivity index (χ3v) is 5.45. The van der Waals surface area contributed by atoms with Gasteiger partial charge < -0.3 is 4.52 Å². The Morgan fingerprint density at radius 2 is 2.00 bits per heavy atom. The molecule has 8 heteroatoms. The molecule has 2 aromatic heterocycles. The summed E-state index contributed by atoms with van der Waals surface area (Å²) in [6.07, 6.45) is 0. The monoisotopic (exact) mass is 397 g/mol. The van der Waals surface area contributed by atoms with Gasteiger partial charge in [0.2, 0.25) is 0 Å². The molecule has 1 aliphatic rings. The minimum Gasteiger partial charge on any atom is -0.360 e. The lowest BCUT2D eigenvalue weighted by Crippen LogP contribution is -2.25. The second-order valence-electron chi connectivity index (χ2n) is 6.62. The second kappa shape index (κ2) is 7.63. The molecule has 0 atom stereocenters. The van der Waals surface area contributed by atoms with Crippen LogP contribution in [0.5, 0.6) is 0 Å². The average Bonchev–Trinajstić information content (AvgIpc) is 3.24. The highest BCUT2D eigenvalue weighted by Crippen LogP contribution is 2.24. The minimum absolute atomic E-state index is 0.241. The third-order valence-electron chi connectivity index (χ3n) is 4.54. The van der Waals surface area contributed by atoms with Gasteiger partial charge in [0.1, 0.15) is 11.6 Å². The summed E-state index contributed by atoms with van der Waals surface area (Å²) in [5.41, 5.74) is 8.17. The molecule has 3 aromatic rings. The summed E-state index contributed by atoms with van der Waals surface area (Å²) in [5.74, 6) is 2.03. The van der Waals surface area contributed by atoms with Crippen LogP contribution in [0.15, 0.2) is 51.0 Å². The van der Waals surface area contributed by atoms with E-state index in [0.717, 1.165) is 50.7 Å². The van der Waals surface area contributed by atoms with Gasteiger partial charge in [0.15, 0.2) is 11.0 Å². The van der Waals surface area contributed by atoms with Crippen LogP contribution in [0, 0.1) is 26.6 Å². The van der Waals surface area contributed by atoms with Gasteiger partial charge in [-0.25, -0.2) is 4.39 Å². The maximum absolute atomic E-state index is 13.0. The highest BCUT2D eigenvalue weighted by molar-refractivity contribution is 8.14. The van der Waals surface area contributed by atoms with Crippen molar-refractivity contribution in [2.75, 3.05) is 5.75 Å². The molecule has 1 aromatic carbocycles. The number of aromatic nitrogens is 2. The number of rotatable bonds is 4. The van der Waals surface area contributed by atoms with E-state index in [1.54, 1.807) is 23.9 Å². The smallest absolute Gasteiger partial charge is 0.180 e. The van der Waals surface area contributed by atoms with Crippen molar-refractivity contribution < 1.29 is 8.91 Å². The molecule has 144 valence electrons. The van der Waals surface area contributed by atoms with Gasteiger partial charge in [-0.2, -0.15) is 5.10 Å². The van der Waals surface area contributed by atoms with Crippen LogP contribution in [0.1, 0.15) is 28.3 Å². The average molecular weight is 397 g/mol. The topological polar surface area (TPSA) is 67.7 Å². The predicted octanol–water partition coefficient (Wildman–Crippen LogP) is 4.13. The Labute approximate surface area is 166 Å². The van der Waals surface area contributed by atoms with E-state index in [1.165, 1.54) is 12.1 Å². The quantitative estimate of drug-likeness (QED) is 0.719. The Balaban J connectivity index is 1.51. The number of nitrogens with zero attached hydrogens (tertiary/aromatic N) is 4. The molecule has 1 aliphatic heterocycles. The molecule has 0 amide bonds. The molecule has 0 fully saturated rings. The van der Waals surface area contributed by atoms with E-state index in [-0.39, 0.29) is 5.82 Å². The van der Waals surface area contributed by atoms with Gasteiger partial charge in [-0.3, -0.25) is 15.0 Å². The number of amidine groups is 1. The molecule has 3 heterocycles. The third kappa shape index (κ3) is 3.73. The zero-order chi connectivity index (χ0) is 19.7. The van der Waals surface area contributed by atoms with Crippen molar-refractivity contribution >= 4 is 22.6 Å². The van der Waals surface area contributed by atoms with Gasteiger partial charge in [0, 0.05) is 28.8 Å². The first kappa shape index (κ1) is 18.5. The van der Waals surface area contributed by atoms with E-state index < -0.39 is 0 Å². The van der Waals surface area contributed by atoms with Gasteiger partial charge in [-0.1, -0.05) is 29.1 Å². The molecule has 4 rings (SSSR count). The molecule has 0 saturated heterocycles. The maximum atomic E-state index is 13.0. The Morgan fingerprint density at radius 1 is 1.21 bits per heavy atom. The van der Waals surface area contributed by atoms with Crippen LogP contribution in [-0.2, 0) is 6.54 Å². The first-order valence-electron chi connectivity index (χ1n) is 8.88. The zero-order valence-corrected chi connectivity index (χ0v) is 16.7. The summed E-state index contributed by atoms with van der Waals surface area (Å²) in [6, 6.07) is 10.4. The van der Waals surface area contributed by atoms with E-state index in [2.05, 4.69) is 38.2 Å². The fraction of sp³-hybridized carbons (Fsp3) is 0.250. The SMILES string of the molecule is Cc1cc(-n2c(C)cc(C3=NNC(=NCc4ccc(F)cc4)SC3)c2C)no1. The number of nitrogens with one attached hydrogen (secondary N) is 1. The standard InChI is InChI=1S/C20H20FN5OS/c1-12-8-17(14(3)26(12)19-9-13(2)27-25-19)18-11-28-20(24-23-18)22-10-15-4-6-16(21)7-5-15/h4-9H,10-11H2,1-3H3,(H,22,24). The number of thioether (sulfide) groups is 1. The summed E-state index contributed by atoms with van der Waals surface area (Å²) in [4.78, 5) is 4.52. The highest BCUT2D eigenvalue weighted by Gasteiger charge is 2.20. The van der Waals surface area contributed by atoms with Crippen molar-refractivity contribution in [2.24, 2.45) is 10.1 Å². The normalized spacial score (nSPS) is 15.6. The van der Waals surface area contributed by atoms with Crippen LogP contribution < -0.4 is 5.43 Å². The number of halogens is 1. The van der Waals surface area contributed by atoms with E-state index in [1.807, 2.05) is 19.9 Å². The van der Waals surface area contributed by atoms with Crippen LogP contribution in [0.4, 0.5) is 4.39 Å². The van der Waals surface area contributed by atoms with E-state index in [4.69, 9.17) is 4.52 Å². The van der Waals surface area contributed by atoms with E-state index >= 15 is 0 Å². The number of hydrogen-bond acceptors (Lipinski definition) is 5. The van der Waals surface area contributed by atoms with Crippen molar-refractivity contribution in [2.45, 2.75) is 27.3 Å². The zero-order valence-electron chi connectivity index (χ0n) is 15.9. The van der Waals surface area contributed by atoms with Crippen molar-refractivity contribution in [1.82, 2.24) is 15.1 Å². The number of aliphatic imine (C=N–C) groups is 1. The summed E-state index contributed by atoms with van der Waals surface area (Å²) in [6.45, 7) is 6.46. The summed E-state index contributed by atoms with van der Waals surface area (Å²) in [7, 11) is 0. The molecule has 0 unspecified atom stereocenters. The number of aryl methyl sites for hydroxylation is 2. The lowest BCUT2D eigenvalue weighted by Gasteiger charge is -2.15. The Hall–Kier alpha value is -2.87. The van der Waals surface area contributed by atoms with Gasteiger partial charge in [-0.05, 0) is 44.5 Å². The molecule has 1 N–H and O–H groups in total. The molecule has 0 aliphatic carbocycles. The van der Waals surface area contributed by atoms with Crippen LogP contribution in [0.3, 0.4) is 0 Å². The molecule has 0 saturated carbocycles. The fourth-order valence-corrected chi connectivity index (χ4v) is 3.91. The fourth-order valence-electron chi connectivity index (χ4n) is 3.15. The van der Waals surface area contributed by atoms with Crippen molar-refractivity contribution in [3.8, 4) is 5.82 Å². The molecule has 6 nitrogen and oxygen atoms in total. The molecule has 0 bridgehead atoms. The van der Waals surface area contributed by atoms with Crippen LogP contribution in [-0.4, -0.2) is 26.4 Å². The molecular formula is C20H20FN5OS. The Kier molecular flexibility index (Phi) is 5.04. The van der Waals surface area contributed by atoms with Gasteiger partial charge in [0.25, 0.3) is 0 Å². The highest BCUT2D eigenvalue weighted by atomic mass is 32.2. The Bertz CT molecular complexity index is 1060. The van der Waals surface area contributed by atoms with Gasteiger partial charge in [0.05, 0.1) is 12.3 Å². The van der Waals surface area contributed by atoms with Crippen LogP contribution in [0.2, 0.25) is 0 Å². The second-order valence-corrected chi connectivity index (χ2v) is 7.59. The van der Waals surface area contributed by atoms with E-state index in [9.17, 15) is 4.39 Å². The maximum Gasteiger partial charge on any atom is 0.180 e. The minimum atomic E-state index is -0.241. The summed E-state index contributed by atoms with van der Waals surface area (Å²) < 4.78 is 20.3. The molecule has 0 spiro atoms. The van der Waals surface area contributed by atoms with Crippen molar-refractivity contribution in [1.29, 1.82) is 0 Å². The summed E-state index contributed by atoms with van der Waals surface area (Å²) in [5, 5.41) is 9.40. The molecular weight excluding hydrogens is 377 g/mol. The van der Waals surface area contributed by atoms with Crippen LogP contribution in [0.25, 0.3) is 5.82 Å². The van der Waals surface area contributed by atoms with Crippen molar-refractivity contribution in [3.63, 3.8) is 0 Å². The number of hydrogen-bond donors (Lipinski definition) is 1. The summed E-state index contributed by atoms with van der Waals surface area (Å²) >= 11 is 1.60.